The zero-order chi connectivity index (χ0) is 74.0. The highest BCUT2D eigenvalue weighted by molar-refractivity contribution is 9.10. The summed E-state index contributed by atoms with van der Waals surface area (Å²) in [6.07, 6.45) is 0. The minimum atomic E-state index is -0.0844. The number of hydrogen-bond acceptors (Lipinski definition) is 8. The van der Waals surface area contributed by atoms with Crippen molar-refractivity contribution in [3.63, 3.8) is 0 Å². The third-order valence-electron chi connectivity index (χ3n) is 23.0. The van der Waals surface area contributed by atoms with Crippen LogP contribution in [0.1, 0.15) is 11.1 Å². The van der Waals surface area contributed by atoms with Crippen LogP contribution in [0.25, 0.3) is 131 Å². The van der Waals surface area contributed by atoms with E-state index in [2.05, 4.69) is 401 Å². The molecule has 2 aliphatic rings. The largest absolute Gasteiger partial charge is 0.456 e. The Morgan fingerprint density at radius 1 is 0.250 bits per heavy atom. The Kier molecular flexibility index (Phi) is 14.3. The van der Waals surface area contributed by atoms with Gasteiger partial charge in [-0.25, -0.2) is 0 Å². The Labute approximate surface area is 652 Å². The smallest absolute Gasteiger partial charge is 0.252 e. The summed E-state index contributed by atoms with van der Waals surface area (Å²) in [5.41, 5.74) is 26.2. The third-order valence-corrected chi connectivity index (χ3v) is 23.8. The van der Waals surface area contributed by atoms with E-state index in [1.165, 1.54) is 65.6 Å². The minimum absolute atomic E-state index is 0.0844. The van der Waals surface area contributed by atoms with Crippen LogP contribution in [-0.4, -0.2) is 6.71 Å². The quantitative estimate of drug-likeness (QED) is 0.139. The molecule has 10 heteroatoms. The topological polar surface area (TPSA) is 65.5 Å². The molecule has 6 heterocycles. The summed E-state index contributed by atoms with van der Waals surface area (Å²) in [4.78, 5) is 9.61. The first-order valence-corrected chi connectivity index (χ1v) is 38.8. The monoisotopic (exact) mass is 1500 g/mol. The standard InChI is InChI=1S/C51H31BN2O2.C51H33BrN2O2/c1-30-20-45-51-46(21-30)54(36-18-6-3-7-19-36)44-27-40-38-23-32-13-9-11-15-34(32)25-48(38)56-50(40)29-42(44)52(51)41-28-49-39(26-43(41)53(45)35-16-4-2-5-17-35)37-22-31-12-8-10-14-33(31)24-47(37)55-49;1-32-24-45(53(37-16-4-2-5-17-37)39-20-22-47-43(30-39)41-26-33-12-8-10-14-35(33)28-49(41)55-47)51(52)46(25-32)54(38-18-6-3-7-19-38)40-21-23-48-44(31-40)42-27-34-13-9-11-15-36(34)29-50(42)56-48/h2-29H,1H3;2-31H,1H3. The predicted octanol–water partition coefficient (Wildman–Crippen LogP) is 28.0. The highest BCUT2D eigenvalue weighted by Gasteiger charge is 2.45. The number of benzene rings is 18. The molecule has 2 aliphatic heterocycles. The van der Waals surface area contributed by atoms with Crippen LogP contribution in [-0.2, 0) is 0 Å². The molecule has 0 atom stereocenters. The van der Waals surface area contributed by atoms with Gasteiger partial charge in [-0.05, 0) is 282 Å². The molecule has 0 unspecified atom stereocenters. The minimum Gasteiger partial charge on any atom is -0.456 e. The van der Waals surface area contributed by atoms with Crippen molar-refractivity contribution in [3.8, 4) is 0 Å². The van der Waals surface area contributed by atoms with Gasteiger partial charge < -0.3 is 37.3 Å². The predicted molar refractivity (Wildman–Crippen MR) is 473 cm³/mol. The van der Waals surface area contributed by atoms with Gasteiger partial charge in [-0.2, -0.15) is 0 Å². The van der Waals surface area contributed by atoms with Crippen LogP contribution in [0.4, 0.5) is 68.2 Å². The molecule has 0 saturated carbocycles. The molecule has 18 aromatic carbocycles. The van der Waals surface area contributed by atoms with Gasteiger partial charge in [0.15, 0.2) is 0 Å². The molecule has 24 rings (SSSR count). The summed E-state index contributed by atoms with van der Waals surface area (Å²) in [6, 6.07) is 126. The van der Waals surface area contributed by atoms with E-state index in [0.29, 0.717) is 0 Å². The second-order valence-electron chi connectivity index (χ2n) is 29.8. The van der Waals surface area contributed by atoms with E-state index in [4.69, 9.17) is 17.7 Å². The molecule has 0 bridgehead atoms. The summed E-state index contributed by atoms with van der Waals surface area (Å²) in [7, 11) is 0. The van der Waals surface area contributed by atoms with E-state index in [-0.39, 0.29) is 6.71 Å². The van der Waals surface area contributed by atoms with Gasteiger partial charge in [-0.3, -0.25) is 0 Å². The number of para-hydroxylation sites is 4. The molecule has 0 aliphatic carbocycles. The molecule has 0 N–H and O–H groups in total. The second-order valence-corrected chi connectivity index (χ2v) is 30.6. The molecule has 4 aromatic heterocycles. The Balaban J connectivity index is 0.000000134. The summed E-state index contributed by atoms with van der Waals surface area (Å²) < 4.78 is 27.4. The average molecular weight is 1500 g/mol. The normalized spacial score (nSPS) is 12.5. The van der Waals surface area contributed by atoms with E-state index in [0.717, 1.165) is 165 Å². The van der Waals surface area contributed by atoms with Crippen LogP contribution in [0.3, 0.4) is 0 Å². The van der Waals surface area contributed by atoms with Crippen molar-refractivity contribution in [2.45, 2.75) is 13.8 Å². The first-order valence-electron chi connectivity index (χ1n) is 38.0. The summed E-state index contributed by atoms with van der Waals surface area (Å²) in [6.45, 7) is 4.31. The van der Waals surface area contributed by atoms with Crippen LogP contribution in [0.5, 0.6) is 0 Å². The van der Waals surface area contributed by atoms with Gasteiger partial charge in [0.1, 0.15) is 44.7 Å². The van der Waals surface area contributed by atoms with E-state index >= 15 is 0 Å². The van der Waals surface area contributed by atoms with Gasteiger partial charge in [-0.15, -0.1) is 0 Å². The van der Waals surface area contributed by atoms with Crippen LogP contribution in [0.15, 0.2) is 374 Å². The van der Waals surface area contributed by atoms with Crippen molar-refractivity contribution >= 4 is 238 Å². The molecule has 0 radical (unpaired) electrons. The maximum Gasteiger partial charge on any atom is 0.252 e. The number of nitrogens with zero attached hydrogens (tertiary/aromatic N) is 4. The van der Waals surface area contributed by atoms with Crippen molar-refractivity contribution < 1.29 is 17.7 Å². The molecule has 0 amide bonds. The van der Waals surface area contributed by atoms with Gasteiger partial charge in [0.2, 0.25) is 0 Å². The Morgan fingerprint density at radius 3 is 0.893 bits per heavy atom. The Morgan fingerprint density at radius 2 is 0.536 bits per heavy atom. The lowest BCUT2D eigenvalue weighted by molar-refractivity contribution is 0.669. The van der Waals surface area contributed by atoms with Gasteiger partial charge in [0.05, 0.1) is 15.8 Å². The van der Waals surface area contributed by atoms with E-state index < -0.39 is 0 Å². The Hall–Kier alpha value is -14.1. The molecule has 0 saturated heterocycles. The van der Waals surface area contributed by atoms with Crippen LogP contribution >= 0.6 is 15.9 Å². The van der Waals surface area contributed by atoms with Crippen molar-refractivity contribution in [2.75, 3.05) is 19.6 Å². The first kappa shape index (κ1) is 64.0. The number of rotatable bonds is 8. The second kappa shape index (κ2) is 25.0. The molecular weight excluding hydrogens is 1440 g/mol. The van der Waals surface area contributed by atoms with E-state index in [9.17, 15) is 0 Å². The fourth-order valence-electron chi connectivity index (χ4n) is 18.0. The van der Waals surface area contributed by atoms with Gasteiger partial charge in [0.25, 0.3) is 6.71 Å². The highest BCUT2D eigenvalue weighted by Crippen LogP contribution is 2.52. The first-order chi connectivity index (χ1) is 55.2. The van der Waals surface area contributed by atoms with E-state index in [1.54, 1.807) is 0 Å². The van der Waals surface area contributed by atoms with Crippen molar-refractivity contribution in [2.24, 2.45) is 0 Å². The molecule has 526 valence electrons. The molecule has 22 aromatic rings. The zero-order valence-electron chi connectivity index (χ0n) is 60.9. The lowest BCUT2D eigenvalue weighted by Crippen LogP contribution is -2.61. The fourth-order valence-corrected chi connectivity index (χ4v) is 18.6. The molecular formula is C102H64BBrN4O4. The van der Waals surface area contributed by atoms with Crippen LogP contribution in [0.2, 0.25) is 0 Å². The average Bonchev–Trinajstić information content (AvgIpc) is 1.06. The van der Waals surface area contributed by atoms with Gasteiger partial charge in [0, 0.05) is 100.0 Å². The van der Waals surface area contributed by atoms with Crippen molar-refractivity contribution in [3.05, 3.63) is 367 Å². The number of aryl methyl sites for hydroxylation is 2. The summed E-state index contributed by atoms with van der Waals surface area (Å²) >= 11 is 4.20. The van der Waals surface area contributed by atoms with Crippen LogP contribution in [0, 0.1) is 13.8 Å². The summed E-state index contributed by atoms with van der Waals surface area (Å²) in [5, 5.41) is 18.3. The molecule has 112 heavy (non-hydrogen) atoms. The zero-order valence-corrected chi connectivity index (χ0v) is 62.4. The number of furan rings is 4. The van der Waals surface area contributed by atoms with Crippen molar-refractivity contribution in [1.29, 1.82) is 0 Å². The fraction of sp³-hybridized carbons (Fsp3) is 0.0196. The van der Waals surface area contributed by atoms with Gasteiger partial charge >= 0.3 is 0 Å². The highest BCUT2D eigenvalue weighted by atomic mass is 79.9. The number of hydrogen-bond donors (Lipinski definition) is 0. The third kappa shape index (κ3) is 10.1. The lowest BCUT2D eigenvalue weighted by atomic mass is 9.33. The van der Waals surface area contributed by atoms with Crippen LogP contribution < -0.4 is 36.0 Å². The number of fused-ring (bicyclic) bond motifs is 20. The van der Waals surface area contributed by atoms with Crippen molar-refractivity contribution in [1.82, 2.24) is 0 Å². The maximum atomic E-state index is 6.79. The lowest BCUT2D eigenvalue weighted by Gasteiger charge is -2.44. The van der Waals surface area contributed by atoms with E-state index in [1.807, 2.05) is 0 Å². The molecule has 0 spiro atoms. The Bertz CT molecular complexity index is 7220. The number of anilines is 12. The molecule has 0 fully saturated rings. The maximum absolute atomic E-state index is 6.79. The summed E-state index contributed by atoms with van der Waals surface area (Å²) in [5.74, 6) is 0. The number of halogens is 1. The molecule has 8 nitrogen and oxygen atoms in total. The SMILES string of the molecule is Cc1cc(N(c2ccccc2)c2ccc3oc4cc5ccccc5cc4c3c2)c(Br)c(N(c2ccccc2)c2ccc3oc4cc5ccccc5cc4c3c2)c1.Cc1cc2c3c(c1)N(c1ccccc1)c1cc4c(cc1B3c1cc3oc5cc6ccccc6cc5c3cc1N2c1ccccc1)oc1cc2ccccc2cc14. The van der Waals surface area contributed by atoms with Gasteiger partial charge in [-0.1, -0.05) is 170 Å².